The molecule has 0 bridgehead atoms. The van der Waals surface area contributed by atoms with Crippen LogP contribution in [0.2, 0.25) is 0 Å². The Morgan fingerprint density at radius 1 is 1.00 bits per heavy atom. The molecule has 1 N–H and O–H groups in total. The van der Waals surface area contributed by atoms with Crippen LogP contribution in [0.3, 0.4) is 0 Å². The third kappa shape index (κ3) is 2.16. The van der Waals surface area contributed by atoms with Gasteiger partial charge in [0.05, 0.1) is 11.2 Å². The molecular formula is C20H20N2. The fourth-order valence-corrected chi connectivity index (χ4v) is 3.36. The molecule has 1 aromatic heterocycles. The maximum absolute atomic E-state index is 4.86. The number of pyridine rings is 1. The van der Waals surface area contributed by atoms with Crippen molar-refractivity contribution in [2.75, 3.05) is 5.32 Å². The number of benzene rings is 2. The predicted octanol–water partition coefficient (Wildman–Crippen LogP) is 5.08. The van der Waals surface area contributed by atoms with E-state index >= 15 is 0 Å². The standard InChI is InChI=1S/C20H20N2/c1-13-10-11-14(2)19(12-13)22-20-15-6-3-4-8-17(15)21-18-9-5-7-16(18)20/h3-4,6,8,10-12H,5,7,9H2,1-2H3,(H,21,22). The van der Waals surface area contributed by atoms with Crippen molar-refractivity contribution in [2.45, 2.75) is 33.1 Å². The Labute approximate surface area is 131 Å². The SMILES string of the molecule is Cc1ccc(C)c(Nc2c3c(nc4ccccc24)CCC3)c1. The van der Waals surface area contributed by atoms with Gasteiger partial charge in [0.25, 0.3) is 0 Å². The first kappa shape index (κ1) is 13.3. The molecule has 0 fully saturated rings. The van der Waals surface area contributed by atoms with Gasteiger partial charge in [-0.05, 0) is 61.9 Å². The molecule has 0 saturated carbocycles. The Kier molecular flexibility index (Phi) is 3.11. The maximum atomic E-state index is 4.86. The van der Waals surface area contributed by atoms with E-state index in [2.05, 4.69) is 61.6 Å². The number of nitrogens with one attached hydrogen (secondary N) is 1. The Balaban J connectivity index is 1.92. The summed E-state index contributed by atoms with van der Waals surface area (Å²) in [5.41, 5.74) is 8.78. The molecule has 2 heteroatoms. The second-order valence-corrected chi connectivity index (χ2v) is 6.23. The Morgan fingerprint density at radius 2 is 1.86 bits per heavy atom. The van der Waals surface area contributed by atoms with Crippen LogP contribution < -0.4 is 5.32 Å². The summed E-state index contributed by atoms with van der Waals surface area (Å²) in [6.45, 7) is 4.30. The molecule has 0 saturated heterocycles. The molecule has 0 radical (unpaired) electrons. The van der Waals surface area contributed by atoms with Gasteiger partial charge in [-0.2, -0.15) is 0 Å². The van der Waals surface area contributed by atoms with E-state index in [0.717, 1.165) is 18.4 Å². The van der Waals surface area contributed by atoms with Crippen LogP contribution in [0.4, 0.5) is 11.4 Å². The molecule has 0 atom stereocenters. The number of nitrogens with zero attached hydrogens (tertiary/aromatic N) is 1. The fourth-order valence-electron chi connectivity index (χ4n) is 3.36. The van der Waals surface area contributed by atoms with Crippen LogP contribution in [-0.4, -0.2) is 4.98 Å². The third-order valence-corrected chi connectivity index (χ3v) is 4.57. The zero-order chi connectivity index (χ0) is 15.1. The highest BCUT2D eigenvalue weighted by Crippen LogP contribution is 2.36. The highest BCUT2D eigenvalue weighted by Gasteiger charge is 2.19. The van der Waals surface area contributed by atoms with Crippen LogP contribution in [0, 0.1) is 13.8 Å². The van der Waals surface area contributed by atoms with Crippen LogP contribution >= 0.6 is 0 Å². The maximum Gasteiger partial charge on any atom is 0.0726 e. The minimum absolute atomic E-state index is 1.09. The quantitative estimate of drug-likeness (QED) is 0.711. The number of aryl methyl sites for hydroxylation is 3. The summed E-state index contributed by atoms with van der Waals surface area (Å²) in [6, 6.07) is 15.0. The minimum atomic E-state index is 1.09. The number of hydrogen-bond donors (Lipinski definition) is 1. The second kappa shape index (κ2) is 5.13. The average Bonchev–Trinajstić information content (AvgIpc) is 2.98. The van der Waals surface area contributed by atoms with Gasteiger partial charge < -0.3 is 5.32 Å². The highest BCUT2D eigenvalue weighted by molar-refractivity contribution is 5.95. The molecule has 2 aromatic carbocycles. The lowest BCUT2D eigenvalue weighted by atomic mass is 10.1. The van der Waals surface area contributed by atoms with E-state index in [1.165, 1.54) is 45.6 Å². The molecule has 2 nitrogen and oxygen atoms in total. The van der Waals surface area contributed by atoms with E-state index in [0.29, 0.717) is 0 Å². The molecule has 110 valence electrons. The van der Waals surface area contributed by atoms with E-state index in [9.17, 15) is 0 Å². The number of aromatic nitrogens is 1. The van der Waals surface area contributed by atoms with E-state index in [1.54, 1.807) is 0 Å². The number of fused-ring (bicyclic) bond motifs is 2. The van der Waals surface area contributed by atoms with E-state index in [-0.39, 0.29) is 0 Å². The van der Waals surface area contributed by atoms with Crippen LogP contribution in [0.5, 0.6) is 0 Å². The van der Waals surface area contributed by atoms with Gasteiger partial charge in [-0.1, -0.05) is 30.3 Å². The first-order valence-electron chi connectivity index (χ1n) is 7.97. The van der Waals surface area contributed by atoms with Crippen molar-refractivity contribution in [1.82, 2.24) is 4.98 Å². The highest BCUT2D eigenvalue weighted by atomic mass is 14.9. The van der Waals surface area contributed by atoms with Crippen molar-refractivity contribution in [2.24, 2.45) is 0 Å². The molecule has 0 spiro atoms. The van der Waals surface area contributed by atoms with Crippen molar-refractivity contribution >= 4 is 22.3 Å². The number of para-hydroxylation sites is 1. The monoisotopic (exact) mass is 288 g/mol. The number of hydrogen-bond acceptors (Lipinski definition) is 2. The van der Waals surface area contributed by atoms with Crippen molar-refractivity contribution in [1.29, 1.82) is 0 Å². The predicted molar refractivity (Wildman–Crippen MR) is 93.0 cm³/mol. The van der Waals surface area contributed by atoms with E-state index in [4.69, 9.17) is 4.98 Å². The molecule has 1 aliphatic carbocycles. The molecule has 1 heterocycles. The van der Waals surface area contributed by atoms with Crippen LogP contribution in [0.1, 0.15) is 28.8 Å². The number of anilines is 2. The topological polar surface area (TPSA) is 24.9 Å². The normalized spacial score (nSPS) is 13.4. The lowest BCUT2D eigenvalue weighted by Crippen LogP contribution is -2.01. The first-order valence-corrected chi connectivity index (χ1v) is 7.97. The van der Waals surface area contributed by atoms with Gasteiger partial charge in [0.2, 0.25) is 0 Å². The summed E-state index contributed by atoms with van der Waals surface area (Å²) in [5, 5.41) is 4.94. The molecular weight excluding hydrogens is 268 g/mol. The van der Waals surface area contributed by atoms with Gasteiger partial charge >= 0.3 is 0 Å². The van der Waals surface area contributed by atoms with E-state index in [1.807, 2.05) is 0 Å². The van der Waals surface area contributed by atoms with Gasteiger partial charge in [0.15, 0.2) is 0 Å². The smallest absolute Gasteiger partial charge is 0.0726 e. The Bertz CT molecular complexity index is 865. The molecule has 22 heavy (non-hydrogen) atoms. The minimum Gasteiger partial charge on any atom is -0.354 e. The van der Waals surface area contributed by atoms with Gasteiger partial charge in [-0.15, -0.1) is 0 Å². The summed E-state index contributed by atoms with van der Waals surface area (Å²) in [5.74, 6) is 0. The van der Waals surface area contributed by atoms with Crippen LogP contribution in [-0.2, 0) is 12.8 Å². The lowest BCUT2D eigenvalue weighted by molar-refractivity contribution is 0.901. The largest absolute Gasteiger partial charge is 0.354 e. The summed E-state index contributed by atoms with van der Waals surface area (Å²) >= 11 is 0. The van der Waals surface area contributed by atoms with Crippen molar-refractivity contribution in [3.05, 3.63) is 64.8 Å². The van der Waals surface area contributed by atoms with Gasteiger partial charge in [-0.3, -0.25) is 4.98 Å². The fraction of sp³-hybridized carbons (Fsp3) is 0.250. The van der Waals surface area contributed by atoms with Crippen molar-refractivity contribution < 1.29 is 0 Å². The molecule has 3 aromatic rings. The van der Waals surface area contributed by atoms with Crippen molar-refractivity contribution in [3.8, 4) is 0 Å². The lowest BCUT2D eigenvalue weighted by Gasteiger charge is -2.16. The first-order chi connectivity index (χ1) is 10.7. The third-order valence-electron chi connectivity index (χ3n) is 4.57. The summed E-state index contributed by atoms with van der Waals surface area (Å²) in [4.78, 5) is 4.86. The second-order valence-electron chi connectivity index (χ2n) is 6.23. The van der Waals surface area contributed by atoms with Gasteiger partial charge in [0, 0.05) is 16.8 Å². The van der Waals surface area contributed by atoms with Crippen LogP contribution in [0.15, 0.2) is 42.5 Å². The molecule has 0 unspecified atom stereocenters. The molecule has 4 rings (SSSR count). The Hall–Kier alpha value is -2.35. The van der Waals surface area contributed by atoms with Crippen LogP contribution in [0.25, 0.3) is 10.9 Å². The Morgan fingerprint density at radius 3 is 2.77 bits per heavy atom. The van der Waals surface area contributed by atoms with Gasteiger partial charge in [0.1, 0.15) is 0 Å². The summed E-state index contributed by atoms with van der Waals surface area (Å²) in [7, 11) is 0. The summed E-state index contributed by atoms with van der Waals surface area (Å²) < 4.78 is 0. The average molecular weight is 288 g/mol. The molecule has 1 aliphatic rings. The number of rotatable bonds is 2. The molecule has 0 aliphatic heterocycles. The zero-order valence-corrected chi connectivity index (χ0v) is 13.1. The van der Waals surface area contributed by atoms with Crippen molar-refractivity contribution in [3.63, 3.8) is 0 Å². The molecule has 0 amide bonds. The zero-order valence-electron chi connectivity index (χ0n) is 13.1. The summed E-state index contributed by atoms with van der Waals surface area (Å²) in [6.07, 6.45) is 3.43. The van der Waals surface area contributed by atoms with E-state index < -0.39 is 0 Å². The van der Waals surface area contributed by atoms with Gasteiger partial charge in [-0.25, -0.2) is 0 Å².